The summed E-state index contributed by atoms with van der Waals surface area (Å²) < 4.78 is 4.96. The summed E-state index contributed by atoms with van der Waals surface area (Å²) in [5, 5.41) is 10.2. The van der Waals surface area contributed by atoms with Crippen LogP contribution in [0.4, 0.5) is 11.4 Å². The molecule has 208 valence electrons. The van der Waals surface area contributed by atoms with E-state index in [2.05, 4.69) is 16.0 Å². The fourth-order valence-electron chi connectivity index (χ4n) is 3.57. The molecule has 41 heavy (non-hydrogen) atoms. The summed E-state index contributed by atoms with van der Waals surface area (Å²) in [6.07, 6.45) is 1.63. The predicted octanol–water partition coefficient (Wildman–Crippen LogP) is 6.07. The molecular formula is C31H27N3O5S2. The lowest BCUT2D eigenvalue weighted by atomic mass is 10.2. The molecule has 0 atom stereocenters. The van der Waals surface area contributed by atoms with E-state index in [0.29, 0.717) is 22.5 Å². The van der Waals surface area contributed by atoms with Gasteiger partial charge in [0.2, 0.25) is 5.91 Å². The summed E-state index contributed by atoms with van der Waals surface area (Å²) in [6, 6.07) is 25.9. The number of benzene rings is 3. The topological polar surface area (TPSA) is 114 Å². The molecule has 3 amide bonds. The van der Waals surface area contributed by atoms with Gasteiger partial charge in [-0.1, -0.05) is 30.3 Å². The largest absolute Gasteiger partial charge is 0.462 e. The van der Waals surface area contributed by atoms with E-state index in [1.807, 2.05) is 29.6 Å². The Morgan fingerprint density at radius 1 is 0.829 bits per heavy atom. The van der Waals surface area contributed by atoms with E-state index in [9.17, 15) is 19.2 Å². The van der Waals surface area contributed by atoms with Crippen LogP contribution in [0.2, 0.25) is 0 Å². The number of hydrogen-bond donors (Lipinski definition) is 3. The summed E-state index contributed by atoms with van der Waals surface area (Å²) in [4.78, 5) is 51.8. The molecule has 0 aliphatic rings. The predicted molar refractivity (Wildman–Crippen MR) is 163 cm³/mol. The van der Waals surface area contributed by atoms with E-state index < -0.39 is 17.8 Å². The first-order valence-electron chi connectivity index (χ1n) is 12.6. The highest BCUT2D eigenvalue weighted by molar-refractivity contribution is 8.00. The van der Waals surface area contributed by atoms with Crippen molar-refractivity contribution in [1.29, 1.82) is 0 Å². The SMILES string of the molecule is CCOC(=O)c1ccc(NC(=O)CSc2cccc(NC(=O)/C(=C/c3cccs3)NC(=O)c3ccccc3)c2)cc1. The van der Waals surface area contributed by atoms with Gasteiger partial charge in [-0.25, -0.2) is 4.79 Å². The summed E-state index contributed by atoms with van der Waals surface area (Å²) in [5.41, 5.74) is 2.02. The van der Waals surface area contributed by atoms with Crippen LogP contribution in [-0.2, 0) is 14.3 Å². The Morgan fingerprint density at radius 3 is 2.32 bits per heavy atom. The number of ether oxygens (including phenoxy) is 1. The number of esters is 1. The van der Waals surface area contributed by atoms with E-state index in [-0.39, 0.29) is 24.0 Å². The zero-order valence-corrected chi connectivity index (χ0v) is 23.7. The maximum atomic E-state index is 13.2. The highest BCUT2D eigenvalue weighted by atomic mass is 32.2. The number of carbonyl (C=O) groups excluding carboxylic acids is 4. The van der Waals surface area contributed by atoms with Crippen LogP contribution in [0.5, 0.6) is 0 Å². The number of hydrogen-bond acceptors (Lipinski definition) is 7. The van der Waals surface area contributed by atoms with Crippen molar-refractivity contribution in [3.05, 3.63) is 118 Å². The minimum atomic E-state index is -0.478. The number of thioether (sulfide) groups is 1. The molecular weight excluding hydrogens is 558 g/mol. The molecule has 0 spiro atoms. The second-order valence-electron chi connectivity index (χ2n) is 8.51. The van der Waals surface area contributed by atoms with Gasteiger partial charge in [0.1, 0.15) is 5.70 Å². The minimum absolute atomic E-state index is 0.104. The van der Waals surface area contributed by atoms with Crippen LogP contribution in [0.3, 0.4) is 0 Å². The van der Waals surface area contributed by atoms with Gasteiger partial charge < -0.3 is 20.7 Å². The Morgan fingerprint density at radius 2 is 1.61 bits per heavy atom. The van der Waals surface area contributed by atoms with Crippen LogP contribution in [0.15, 0.2) is 107 Å². The van der Waals surface area contributed by atoms with Gasteiger partial charge in [0.05, 0.1) is 17.9 Å². The van der Waals surface area contributed by atoms with E-state index in [1.165, 1.54) is 23.1 Å². The van der Waals surface area contributed by atoms with Gasteiger partial charge in [-0.3, -0.25) is 14.4 Å². The molecule has 1 heterocycles. The van der Waals surface area contributed by atoms with Crippen molar-refractivity contribution in [2.45, 2.75) is 11.8 Å². The van der Waals surface area contributed by atoms with Crippen molar-refractivity contribution in [1.82, 2.24) is 5.32 Å². The van der Waals surface area contributed by atoms with Crippen molar-refractivity contribution in [2.75, 3.05) is 23.0 Å². The van der Waals surface area contributed by atoms with Crippen LogP contribution in [0.1, 0.15) is 32.5 Å². The second kappa shape index (κ2) is 14.6. The lowest BCUT2D eigenvalue weighted by molar-refractivity contribution is -0.114. The summed E-state index contributed by atoms with van der Waals surface area (Å²) >= 11 is 2.75. The highest BCUT2D eigenvalue weighted by Crippen LogP contribution is 2.23. The Balaban J connectivity index is 1.36. The maximum Gasteiger partial charge on any atom is 0.338 e. The molecule has 3 N–H and O–H groups in total. The first-order chi connectivity index (χ1) is 19.9. The molecule has 8 nitrogen and oxygen atoms in total. The first-order valence-corrected chi connectivity index (χ1v) is 14.5. The fraction of sp³-hybridized carbons (Fsp3) is 0.0968. The number of thiophene rings is 1. The van der Waals surface area contributed by atoms with Crippen LogP contribution in [0, 0.1) is 0 Å². The third kappa shape index (κ3) is 8.92. The van der Waals surface area contributed by atoms with Gasteiger partial charge in [0.25, 0.3) is 11.8 Å². The second-order valence-corrected chi connectivity index (χ2v) is 10.5. The summed E-state index contributed by atoms with van der Waals surface area (Å²) in [6.45, 7) is 2.03. The van der Waals surface area contributed by atoms with E-state index in [0.717, 1.165) is 9.77 Å². The third-order valence-electron chi connectivity index (χ3n) is 5.50. The van der Waals surface area contributed by atoms with E-state index >= 15 is 0 Å². The Bertz CT molecular complexity index is 1540. The molecule has 4 rings (SSSR count). The lowest BCUT2D eigenvalue weighted by Crippen LogP contribution is -2.30. The van der Waals surface area contributed by atoms with Gasteiger partial charge in [0, 0.05) is 26.7 Å². The van der Waals surface area contributed by atoms with Crippen LogP contribution in [0.25, 0.3) is 6.08 Å². The molecule has 10 heteroatoms. The monoisotopic (exact) mass is 585 g/mol. The van der Waals surface area contributed by atoms with E-state index in [1.54, 1.807) is 79.7 Å². The zero-order valence-electron chi connectivity index (χ0n) is 22.1. The summed E-state index contributed by atoms with van der Waals surface area (Å²) in [7, 11) is 0. The Labute approximate surface area is 245 Å². The van der Waals surface area contributed by atoms with Gasteiger partial charge in [-0.2, -0.15) is 0 Å². The smallest absolute Gasteiger partial charge is 0.338 e. The van der Waals surface area contributed by atoms with Crippen LogP contribution in [-0.4, -0.2) is 36.1 Å². The molecule has 0 fully saturated rings. The molecule has 3 aromatic carbocycles. The molecule has 4 aromatic rings. The number of nitrogens with one attached hydrogen (secondary N) is 3. The molecule has 0 radical (unpaired) electrons. The Hall–Kier alpha value is -4.67. The highest BCUT2D eigenvalue weighted by Gasteiger charge is 2.16. The van der Waals surface area contributed by atoms with Gasteiger partial charge in [0.15, 0.2) is 0 Å². The number of rotatable bonds is 11. The lowest BCUT2D eigenvalue weighted by Gasteiger charge is -2.12. The quantitative estimate of drug-likeness (QED) is 0.112. The maximum absolute atomic E-state index is 13.2. The minimum Gasteiger partial charge on any atom is -0.462 e. The molecule has 0 saturated heterocycles. The average molecular weight is 586 g/mol. The molecule has 0 saturated carbocycles. The van der Waals surface area contributed by atoms with Gasteiger partial charge in [-0.05, 0) is 79.0 Å². The van der Waals surface area contributed by atoms with Crippen molar-refractivity contribution < 1.29 is 23.9 Å². The number of anilines is 2. The number of amides is 3. The van der Waals surface area contributed by atoms with Crippen molar-refractivity contribution in [3.8, 4) is 0 Å². The fourth-order valence-corrected chi connectivity index (χ4v) is 4.98. The molecule has 0 unspecified atom stereocenters. The van der Waals surface area contributed by atoms with Crippen LogP contribution < -0.4 is 16.0 Å². The molecule has 1 aromatic heterocycles. The normalized spacial score (nSPS) is 10.9. The van der Waals surface area contributed by atoms with Gasteiger partial charge in [-0.15, -0.1) is 23.1 Å². The number of carbonyl (C=O) groups is 4. The van der Waals surface area contributed by atoms with Crippen molar-refractivity contribution >= 4 is 64.2 Å². The molecule has 0 bridgehead atoms. The van der Waals surface area contributed by atoms with E-state index in [4.69, 9.17) is 4.74 Å². The first kappa shape index (κ1) is 29.3. The van der Waals surface area contributed by atoms with Crippen molar-refractivity contribution in [3.63, 3.8) is 0 Å². The standard InChI is InChI=1S/C31H27N3O5S2/c1-2-39-31(38)22-13-15-23(16-14-22)32-28(35)20-41-25-11-6-10-24(18-25)33-30(37)27(19-26-12-7-17-40-26)34-29(36)21-8-4-3-5-9-21/h3-19H,2,20H2,1H3,(H,32,35)(H,33,37)(H,34,36)/b27-19-. The summed E-state index contributed by atoms with van der Waals surface area (Å²) in [5.74, 6) is -1.38. The van der Waals surface area contributed by atoms with Crippen LogP contribution >= 0.6 is 23.1 Å². The molecule has 0 aliphatic carbocycles. The third-order valence-corrected chi connectivity index (χ3v) is 7.31. The average Bonchev–Trinajstić information content (AvgIpc) is 3.50. The zero-order chi connectivity index (χ0) is 29.0. The Kier molecular flexibility index (Phi) is 10.5. The van der Waals surface area contributed by atoms with Gasteiger partial charge >= 0.3 is 5.97 Å². The molecule has 0 aliphatic heterocycles. The van der Waals surface area contributed by atoms with Crippen molar-refractivity contribution in [2.24, 2.45) is 0 Å².